The number of benzene rings is 1. The number of carbonyl (C=O) groups is 1. The monoisotopic (exact) mass is 655 g/mol. The van der Waals surface area contributed by atoms with E-state index in [2.05, 4.69) is 111 Å². The van der Waals surface area contributed by atoms with Crippen LogP contribution in [0.3, 0.4) is 0 Å². The van der Waals surface area contributed by atoms with Crippen molar-refractivity contribution in [3.8, 4) is 17.3 Å². The van der Waals surface area contributed by atoms with Crippen LogP contribution in [0.2, 0.25) is 0 Å². The molecule has 0 radical (unpaired) electrons. The number of carbonyl (C=O) groups excluding carboxylic acids is 1. The molecule has 1 aliphatic heterocycles. The fraction of sp³-hybridized carbons (Fsp3) is 0.683. The van der Waals surface area contributed by atoms with Crippen molar-refractivity contribution >= 4 is 17.4 Å². The average molecular weight is 656 g/mol. The number of aromatic nitrogens is 3. The summed E-state index contributed by atoms with van der Waals surface area (Å²) in [6.07, 6.45) is 6.90. The molecule has 2 fully saturated rings. The molecule has 0 spiro atoms. The number of aryl methyl sites for hydroxylation is 2. The fourth-order valence-electron chi connectivity index (χ4n) is 9.15. The van der Waals surface area contributed by atoms with Crippen LogP contribution in [0.15, 0.2) is 18.2 Å². The molecule has 1 saturated heterocycles. The quantitative estimate of drug-likeness (QED) is 0.269. The van der Waals surface area contributed by atoms with Crippen LogP contribution in [-0.4, -0.2) is 37.7 Å². The van der Waals surface area contributed by atoms with E-state index in [0.717, 1.165) is 54.4 Å². The van der Waals surface area contributed by atoms with Gasteiger partial charge in [-0.1, -0.05) is 72.6 Å². The van der Waals surface area contributed by atoms with Gasteiger partial charge in [0.05, 0.1) is 6.57 Å². The molecule has 1 aromatic carbocycles. The van der Waals surface area contributed by atoms with Crippen molar-refractivity contribution < 1.29 is 9.53 Å². The van der Waals surface area contributed by atoms with E-state index in [-0.39, 0.29) is 34.9 Å². The highest BCUT2D eigenvalue weighted by molar-refractivity contribution is 5.80. The molecule has 7 nitrogen and oxygen atoms in total. The zero-order valence-corrected chi connectivity index (χ0v) is 31.8. The van der Waals surface area contributed by atoms with Crippen LogP contribution in [0, 0.1) is 60.8 Å². The summed E-state index contributed by atoms with van der Waals surface area (Å²) < 4.78 is 8.10. The van der Waals surface area contributed by atoms with Gasteiger partial charge in [-0.25, -0.2) is 19.1 Å². The summed E-state index contributed by atoms with van der Waals surface area (Å²) in [7, 11) is 0. The molecule has 2 aromatic heterocycles. The van der Waals surface area contributed by atoms with Crippen molar-refractivity contribution in [3.05, 3.63) is 46.3 Å². The molecule has 3 aromatic rings. The number of ether oxygens (including phenoxy) is 1. The third-order valence-corrected chi connectivity index (χ3v) is 11.6. The summed E-state index contributed by atoms with van der Waals surface area (Å²) in [5.41, 5.74) is 5.67. The Morgan fingerprint density at radius 1 is 1.02 bits per heavy atom. The molecule has 7 heteroatoms. The summed E-state index contributed by atoms with van der Waals surface area (Å²) in [5.74, 6) is 3.59. The molecule has 1 amide bonds. The first-order valence-corrected chi connectivity index (χ1v) is 18.5. The first-order valence-electron chi connectivity index (χ1n) is 18.5. The summed E-state index contributed by atoms with van der Waals surface area (Å²) in [4.78, 5) is 25.1. The van der Waals surface area contributed by atoms with Gasteiger partial charge in [0.2, 0.25) is 5.88 Å². The number of hydrogen-bond acceptors (Lipinski definition) is 3. The van der Waals surface area contributed by atoms with Gasteiger partial charge in [0.25, 0.3) is 5.69 Å². The van der Waals surface area contributed by atoms with E-state index in [0.29, 0.717) is 46.7 Å². The van der Waals surface area contributed by atoms with Crippen molar-refractivity contribution in [1.82, 2.24) is 19.5 Å². The SMILES string of the molecule is [C-]#[N+]c1c(CC2C(CC(C)C)CC(C(C)(C)C)CC2C(C)(C)C)c2nc(-c3cc(C)cc(C)c3)[nH]n2c1OC(=O)N1C(C)CCCC1C. The van der Waals surface area contributed by atoms with Crippen LogP contribution in [0.25, 0.3) is 21.9 Å². The molecule has 1 N–H and O–H groups in total. The number of nitrogens with one attached hydrogen (secondary N) is 1. The third-order valence-electron chi connectivity index (χ3n) is 11.6. The third kappa shape index (κ3) is 7.33. The van der Waals surface area contributed by atoms with Gasteiger partial charge in [-0.2, -0.15) is 0 Å². The Balaban J connectivity index is 1.66. The number of amides is 1. The smallest absolute Gasteiger partial charge is 0.402 e. The van der Waals surface area contributed by atoms with Gasteiger partial charge in [0, 0.05) is 23.2 Å². The van der Waals surface area contributed by atoms with Gasteiger partial charge in [-0.15, -0.1) is 0 Å². The molecule has 5 rings (SSSR count). The molecule has 1 aliphatic carbocycles. The van der Waals surface area contributed by atoms with Crippen molar-refractivity contribution in [2.45, 2.75) is 140 Å². The summed E-state index contributed by atoms with van der Waals surface area (Å²) >= 11 is 0. The van der Waals surface area contributed by atoms with E-state index in [1.54, 1.807) is 4.52 Å². The van der Waals surface area contributed by atoms with Crippen molar-refractivity contribution in [1.29, 1.82) is 0 Å². The first kappa shape index (κ1) is 36.0. The second-order valence-electron chi connectivity index (χ2n) is 18.0. The molecular formula is C41H61N5O2. The van der Waals surface area contributed by atoms with Gasteiger partial charge in [0.1, 0.15) is 5.65 Å². The fourth-order valence-corrected chi connectivity index (χ4v) is 9.15. The summed E-state index contributed by atoms with van der Waals surface area (Å²) in [6, 6.07) is 6.59. The number of nitrogens with zero attached hydrogens (tertiary/aromatic N) is 4. The molecule has 2 aliphatic rings. The lowest BCUT2D eigenvalue weighted by molar-refractivity contribution is -0.0119. The van der Waals surface area contributed by atoms with Gasteiger partial charge >= 0.3 is 6.09 Å². The Morgan fingerprint density at radius 2 is 1.65 bits per heavy atom. The van der Waals surface area contributed by atoms with Crippen LogP contribution >= 0.6 is 0 Å². The molecule has 6 unspecified atom stereocenters. The number of hydrogen-bond donors (Lipinski definition) is 1. The van der Waals surface area contributed by atoms with Gasteiger partial charge in [-0.05, 0) is 125 Å². The molecular weight excluding hydrogens is 594 g/mol. The van der Waals surface area contributed by atoms with Crippen LogP contribution in [0.4, 0.5) is 10.5 Å². The van der Waals surface area contributed by atoms with E-state index in [1.165, 1.54) is 12.8 Å². The Hall–Kier alpha value is -3.27. The van der Waals surface area contributed by atoms with Gasteiger partial charge in [-0.3, -0.25) is 5.10 Å². The Kier molecular flexibility index (Phi) is 10.2. The number of piperidine rings is 1. The van der Waals surface area contributed by atoms with Gasteiger partial charge < -0.3 is 9.64 Å². The summed E-state index contributed by atoms with van der Waals surface area (Å²) in [5, 5.41) is 3.48. The van der Waals surface area contributed by atoms with Crippen molar-refractivity contribution in [2.75, 3.05) is 0 Å². The van der Waals surface area contributed by atoms with Crippen LogP contribution in [0.1, 0.15) is 124 Å². The highest BCUT2D eigenvalue weighted by Gasteiger charge is 2.46. The number of H-pyrrole nitrogens is 1. The van der Waals surface area contributed by atoms with E-state index in [1.807, 2.05) is 4.90 Å². The maximum atomic E-state index is 13.9. The first-order chi connectivity index (χ1) is 22.4. The van der Waals surface area contributed by atoms with E-state index in [9.17, 15) is 4.79 Å². The minimum Gasteiger partial charge on any atom is -0.402 e. The predicted molar refractivity (Wildman–Crippen MR) is 197 cm³/mol. The number of likely N-dealkylation sites (tertiary alicyclic amines) is 1. The lowest BCUT2D eigenvalue weighted by atomic mass is 9.54. The lowest BCUT2D eigenvalue weighted by Gasteiger charge is -2.51. The van der Waals surface area contributed by atoms with Crippen molar-refractivity contribution in [2.24, 2.45) is 40.4 Å². The van der Waals surface area contributed by atoms with Gasteiger partial charge in [0.15, 0.2) is 5.82 Å². The maximum absolute atomic E-state index is 13.9. The second kappa shape index (κ2) is 13.6. The minimum atomic E-state index is -0.385. The molecule has 48 heavy (non-hydrogen) atoms. The second-order valence-corrected chi connectivity index (χ2v) is 18.0. The zero-order valence-electron chi connectivity index (χ0n) is 31.8. The van der Waals surface area contributed by atoms with Crippen LogP contribution in [0.5, 0.6) is 5.88 Å². The van der Waals surface area contributed by atoms with Crippen LogP contribution < -0.4 is 4.74 Å². The number of fused-ring (bicyclic) bond motifs is 1. The Bertz CT molecular complexity index is 1630. The maximum Gasteiger partial charge on any atom is 0.415 e. The Morgan fingerprint density at radius 3 is 2.19 bits per heavy atom. The van der Waals surface area contributed by atoms with Crippen LogP contribution in [-0.2, 0) is 6.42 Å². The Labute approximate surface area is 290 Å². The van der Waals surface area contributed by atoms with Crippen molar-refractivity contribution in [3.63, 3.8) is 0 Å². The lowest BCUT2D eigenvalue weighted by Crippen LogP contribution is -2.48. The molecule has 0 bridgehead atoms. The molecule has 262 valence electrons. The predicted octanol–water partition coefficient (Wildman–Crippen LogP) is 11.2. The standard InChI is InChI=1S/C41H61N5O2/c1-24(2)17-29-21-31(40(7,8)9)22-34(41(10,11)12)32(29)23-33-35(42-13)38(48-39(47)45-27(5)15-14-16-28(45)6)46-37(33)43-36(44-46)30-19-25(3)18-26(4)20-30/h18-20,24,27-29,31-32,34H,14-17,21-23H2,1-12H3,(H,43,44). The van der Waals surface area contributed by atoms with E-state index >= 15 is 0 Å². The molecule has 6 atom stereocenters. The highest BCUT2D eigenvalue weighted by Crippen LogP contribution is 2.54. The number of aromatic amines is 1. The minimum absolute atomic E-state index is 0.0856. The zero-order chi connectivity index (χ0) is 35.3. The van der Waals surface area contributed by atoms with E-state index in [4.69, 9.17) is 16.3 Å². The highest BCUT2D eigenvalue weighted by atomic mass is 16.6. The normalized spacial score (nSPS) is 25.5. The molecule has 1 saturated carbocycles. The average Bonchev–Trinajstić information content (AvgIpc) is 3.50. The topological polar surface area (TPSA) is 67.0 Å². The number of rotatable bonds is 6. The van der Waals surface area contributed by atoms with E-state index < -0.39 is 0 Å². The molecule has 3 heterocycles. The largest absolute Gasteiger partial charge is 0.415 e. The summed E-state index contributed by atoms with van der Waals surface area (Å²) in [6.45, 7) is 35.9.